The maximum atomic E-state index is 13.4. The van der Waals surface area contributed by atoms with Gasteiger partial charge >= 0.3 is 12.0 Å². The van der Waals surface area contributed by atoms with Crippen LogP contribution in [-0.2, 0) is 4.79 Å². The Hall–Kier alpha value is -2.62. The highest BCUT2D eigenvalue weighted by Gasteiger charge is 2.27. The summed E-state index contributed by atoms with van der Waals surface area (Å²) in [5.74, 6) is -1.95. The van der Waals surface area contributed by atoms with E-state index >= 15 is 0 Å². The quantitative estimate of drug-likeness (QED) is 0.871. The Kier molecular flexibility index (Phi) is 4.38. The predicted molar refractivity (Wildman–Crippen MR) is 72.1 cm³/mol. The van der Waals surface area contributed by atoms with Gasteiger partial charge in [-0.25, -0.2) is 9.18 Å². The number of urea groups is 1. The Morgan fingerprint density at radius 3 is 2.57 bits per heavy atom. The molecule has 1 aromatic rings. The van der Waals surface area contributed by atoms with Crippen LogP contribution in [0.15, 0.2) is 18.2 Å². The number of amides is 2. The summed E-state index contributed by atoms with van der Waals surface area (Å²) in [4.78, 5) is 24.3. The van der Waals surface area contributed by atoms with Gasteiger partial charge in [0.2, 0.25) is 0 Å². The fraction of sp³-hybridized carbons (Fsp3) is 0.357. The molecule has 0 radical (unpaired) electrons. The molecule has 6 nitrogen and oxygen atoms in total. The van der Waals surface area contributed by atoms with E-state index in [4.69, 9.17) is 10.4 Å². The summed E-state index contributed by atoms with van der Waals surface area (Å²) in [7, 11) is 0. The number of carboxylic acid groups (broad SMARTS) is 1. The van der Waals surface area contributed by atoms with Crippen molar-refractivity contribution in [1.82, 2.24) is 4.90 Å². The fourth-order valence-corrected chi connectivity index (χ4v) is 2.22. The molecule has 0 unspecified atom stereocenters. The lowest BCUT2D eigenvalue weighted by Crippen LogP contribution is -2.42. The molecule has 1 aromatic carbocycles. The molecule has 1 saturated heterocycles. The number of carbonyl (C=O) groups is 2. The Labute approximate surface area is 120 Å². The molecule has 1 fully saturated rings. The molecule has 7 heteroatoms. The van der Waals surface area contributed by atoms with Crippen molar-refractivity contribution in [3.8, 4) is 6.07 Å². The summed E-state index contributed by atoms with van der Waals surface area (Å²) in [5.41, 5.74) is 0.173. The van der Waals surface area contributed by atoms with E-state index in [9.17, 15) is 14.0 Å². The monoisotopic (exact) mass is 291 g/mol. The Morgan fingerprint density at radius 1 is 1.38 bits per heavy atom. The molecular formula is C14H14FN3O3. The SMILES string of the molecule is N#Cc1ccc(NC(=O)N2CCC(C(=O)O)CC2)cc1F. The summed E-state index contributed by atoms with van der Waals surface area (Å²) >= 11 is 0. The number of piperidine rings is 1. The van der Waals surface area contributed by atoms with Crippen LogP contribution in [-0.4, -0.2) is 35.1 Å². The van der Waals surface area contributed by atoms with Gasteiger partial charge in [-0.05, 0) is 31.0 Å². The number of hydrogen-bond acceptors (Lipinski definition) is 3. The summed E-state index contributed by atoms with van der Waals surface area (Å²) < 4.78 is 13.4. The average molecular weight is 291 g/mol. The van der Waals surface area contributed by atoms with E-state index in [1.807, 2.05) is 0 Å². The molecule has 0 aromatic heterocycles. The first-order valence-corrected chi connectivity index (χ1v) is 6.49. The van der Waals surface area contributed by atoms with Gasteiger partial charge in [0.1, 0.15) is 11.9 Å². The molecule has 0 spiro atoms. The van der Waals surface area contributed by atoms with Gasteiger partial charge in [-0.2, -0.15) is 5.26 Å². The number of hydrogen-bond donors (Lipinski definition) is 2. The second-order valence-corrected chi connectivity index (χ2v) is 4.84. The van der Waals surface area contributed by atoms with E-state index in [1.165, 1.54) is 17.0 Å². The lowest BCUT2D eigenvalue weighted by atomic mass is 9.97. The lowest BCUT2D eigenvalue weighted by molar-refractivity contribution is -0.143. The van der Waals surface area contributed by atoms with E-state index in [0.29, 0.717) is 25.9 Å². The number of benzene rings is 1. The topological polar surface area (TPSA) is 93.4 Å². The van der Waals surface area contributed by atoms with E-state index in [2.05, 4.69) is 5.32 Å². The molecule has 1 heterocycles. The van der Waals surface area contributed by atoms with Gasteiger partial charge in [0, 0.05) is 18.8 Å². The van der Waals surface area contributed by atoms with Gasteiger partial charge < -0.3 is 15.3 Å². The lowest BCUT2D eigenvalue weighted by Gasteiger charge is -2.30. The second kappa shape index (κ2) is 6.22. The molecular weight excluding hydrogens is 277 g/mol. The Morgan fingerprint density at radius 2 is 2.05 bits per heavy atom. The highest BCUT2D eigenvalue weighted by Crippen LogP contribution is 2.19. The number of rotatable bonds is 2. The number of nitrogens with zero attached hydrogens (tertiary/aromatic N) is 2. The van der Waals surface area contributed by atoms with Crippen LogP contribution in [0.2, 0.25) is 0 Å². The van der Waals surface area contributed by atoms with Crippen LogP contribution in [0.3, 0.4) is 0 Å². The minimum Gasteiger partial charge on any atom is -0.481 e. The number of likely N-dealkylation sites (tertiary alicyclic amines) is 1. The first-order valence-electron chi connectivity index (χ1n) is 6.49. The minimum atomic E-state index is -0.843. The van der Waals surface area contributed by atoms with E-state index in [1.54, 1.807) is 6.07 Å². The van der Waals surface area contributed by atoms with Gasteiger partial charge in [0.05, 0.1) is 11.5 Å². The molecule has 0 aliphatic carbocycles. The van der Waals surface area contributed by atoms with Crippen LogP contribution in [0, 0.1) is 23.1 Å². The minimum absolute atomic E-state index is 0.0877. The van der Waals surface area contributed by atoms with E-state index in [-0.39, 0.29) is 11.3 Å². The number of aliphatic carboxylic acids is 1. The molecule has 1 aliphatic rings. The van der Waals surface area contributed by atoms with Crippen molar-refractivity contribution in [2.45, 2.75) is 12.8 Å². The molecule has 0 saturated carbocycles. The van der Waals surface area contributed by atoms with Crippen LogP contribution in [0.1, 0.15) is 18.4 Å². The van der Waals surface area contributed by atoms with Crippen LogP contribution < -0.4 is 5.32 Å². The van der Waals surface area contributed by atoms with Crippen molar-refractivity contribution in [1.29, 1.82) is 5.26 Å². The third-order valence-corrected chi connectivity index (χ3v) is 3.47. The highest BCUT2D eigenvalue weighted by atomic mass is 19.1. The van der Waals surface area contributed by atoms with Gasteiger partial charge in [-0.1, -0.05) is 0 Å². The normalized spacial score (nSPS) is 15.3. The summed E-state index contributed by atoms with van der Waals surface area (Å²) in [6.07, 6.45) is 0.814. The molecule has 110 valence electrons. The third kappa shape index (κ3) is 3.48. The number of halogens is 1. The standard InChI is InChI=1S/C14H14FN3O3/c15-12-7-11(2-1-10(12)8-16)17-14(21)18-5-3-9(4-6-18)13(19)20/h1-2,7,9H,3-6H2,(H,17,21)(H,19,20). The van der Waals surface area contributed by atoms with Crippen LogP contribution in [0.25, 0.3) is 0 Å². The molecule has 2 N–H and O–H groups in total. The number of carboxylic acids is 1. The molecule has 2 amide bonds. The summed E-state index contributed by atoms with van der Waals surface area (Å²) in [5, 5.41) is 20.1. The van der Waals surface area contributed by atoms with Crippen LogP contribution in [0.4, 0.5) is 14.9 Å². The number of anilines is 1. The Balaban J connectivity index is 1.95. The van der Waals surface area contributed by atoms with E-state index < -0.39 is 23.7 Å². The smallest absolute Gasteiger partial charge is 0.321 e. The number of carbonyl (C=O) groups excluding carboxylic acids is 1. The molecule has 2 rings (SSSR count). The number of nitrogens with one attached hydrogen (secondary N) is 1. The van der Waals surface area contributed by atoms with Crippen molar-refractivity contribution in [3.05, 3.63) is 29.6 Å². The van der Waals surface area contributed by atoms with Gasteiger partial charge in [-0.3, -0.25) is 4.79 Å². The zero-order valence-electron chi connectivity index (χ0n) is 11.2. The van der Waals surface area contributed by atoms with Gasteiger partial charge in [-0.15, -0.1) is 0 Å². The van der Waals surface area contributed by atoms with Crippen molar-refractivity contribution in [3.63, 3.8) is 0 Å². The summed E-state index contributed by atoms with van der Waals surface area (Å²) in [6, 6.07) is 5.13. The van der Waals surface area contributed by atoms with Crippen molar-refractivity contribution >= 4 is 17.7 Å². The van der Waals surface area contributed by atoms with Crippen molar-refractivity contribution in [2.24, 2.45) is 5.92 Å². The van der Waals surface area contributed by atoms with Crippen LogP contribution >= 0.6 is 0 Å². The zero-order valence-corrected chi connectivity index (χ0v) is 11.2. The van der Waals surface area contributed by atoms with Gasteiger partial charge in [0.15, 0.2) is 0 Å². The fourth-order valence-electron chi connectivity index (χ4n) is 2.22. The maximum absolute atomic E-state index is 13.4. The van der Waals surface area contributed by atoms with Crippen molar-refractivity contribution in [2.75, 3.05) is 18.4 Å². The van der Waals surface area contributed by atoms with E-state index in [0.717, 1.165) is 6.07 Å². The molecule has 1 aliphatic heterocycles. The molecule has 21 heavy (non-hydrogen) atoms. The zero-order chi connectivity index (χ0) is 15.4. The largest absolute Gasteiger partial charge is 0.481 e. The third-order valence-electron chi connectivity index (χ3n) is 3.47. The average Bonchev–Trinajstić information content (AvgIpc) is 2.47. The first kappa shape index (κ1) is 14.8. The number of nitriles is 1. The highest BCUT2D eigenvalue weighted by molar-refractivity contribution is 5.89. The van der Waals surface area contributed by atoms with Crippen LogP contribution in [0.5, 0.6) is 0 Å². The maximum Gasteiger partial charge on any atom is 0.321 e. The molecule has 0 bridgehead atoms. The van der Waals surface area contributed by atoms with Crippen molar-refractivity contribution < 1.29 is 19.1 Å². The molecule has 0 atom stereocenters. The predicted octanol–water partition coefficient (Wildman–Crippen LogP) is 2.03. The van der Waals surface area contributed by atoms with Gasteiger partial charge in [0.25, 0.3) is 0 Å². The summed E-state index contributed by atoms with van der Waals surface area (Å²) in [6.45, 7) is 0.698. The first-order chi connectivity index (χ1) is 10.0. The second-order valence-electron chi connectivity index (χ2n) is 4.84. The Bertz CT molecular complexity index is 604.